The van der Waals surface area contributed by atoms with E-state index in [4.69, 9.17) is 14.2 Å². The molecule has 1 amide bonds. The SMILES string of the molecule is CCCCCCCCCCCCCCCCCCCCCCCCCC(=O)N[C@@H](CO[C@H]1O[C@H](CO)[C@H](OCCCCc2ccccc2)[C@H](O)[C@H]1O)[C@H](O)[C@H](O)CCCCCCCCCCCCCC. The molecule has 1 heterocycles. The summed E-state index contributed by atoms with van der Waals surface area (Å²) >= 11 is 0. The van der Waals surface area contributed by atoms with E-state index in [9.17, 15) is 30.3 Å². The molecule has 1 saturated heterocycles. The summed E-state index contributed by atoms with van der Waals surface area (Å²) in [6, 6.07) is 9.21. The second kappa shape index (κ2) is 45.9. The van der Waals surface area contributed by atoms with Crippen molar-refractivity contribution in [1.82, 2.24) is 5.32 Å². The maximum absolute atomic E-state index is 13.3. The second-order valence-electron chi connectivity index (χ2n) is 21.3. The number of benzene rings is 1. The normalized spacial score (nSPS) is 19.6. The van der Waals surface area contributed by atoms with Crippen LogP contribution in [-0.4, -0.2) is 100 Å². The highest BCUT2D eigenvalue weighted by atomic mass is 16.7. The van der Waals surface area contributed by atoms with Crippen LogP contribution in [0.4, 0.5) is 0 Å². The summed E-state index contributed by atoms with van der Waals surface area (Å²) in [5.74, 6) is -0.229. The van der Waals surface area contributed by atoms with Crippen LogP contribution < -0.4 is 5.32 Å². The molecule has 0 saturated carbocycles. The van der Waals surface area contributed by atoms with Gasteiger partial charge in [0.05, 0.1) is 25.4 Å². The van der Waals surface area contributed by atoms with Crippen molar-refractivity contribution in [3.8, 4) is 0 Å². The minimum absolute atomic E-state index is 0.229. The van der Waals surface area contributed by atoms with Gasteiger partial charge in [-0.15, -0.1) is 0 Å². The van der Waals surface area contributed by atoms with Crippen molar-refractivity contribution in [3.63, 3.8) is 0 Å². The monoisotopic (exact) mass is 990 g/mol. The van der Waals surface area contributed by atoms with Crippen LogP contribution in [0.3, 0.4) is 0 Å². The molecule has 1 aromatic carbocycles. The summed E-state index contributed by atoms with van der Waals surface area (Å²) < 4.78 is 17.8. The number of rotatable bonds is 50. The first-order chi connectivity index (χ1) is 34.3. The first-order valence-electron chi connectivity index (χ1n) is 29.9. The number of unbranched alkanes of at least 4 members (excludes halogenated alkanes) is 34. The van der Waals surface area contributed by atoms with Gasteiger partial charge in [-0.2, -0.15) is 0 Å². The number of hydrogen-bond donors (Lipinski definition) is 6. The van der Waals surface area contributed by atoms with E-state index in [1.54, 1.807) is 0 Å². The molecule has 10 nitrogen and oxygen atoms in total. The Morgan fingerprint density at radius 1 is 0.557 bits per heavy atom. The average molecular weight is 991 g/mol. The second-order valence-corrected chi connectivity index (χ2v) is 21.3. The van der Waals surface area contributed by atoms with Gasteiger partial charge in [0.2, 0.25) is 5.91 Å². The van der Waals surface area contributed by atoms with E-state index in [0.717, 1.165) is 57.8 Å². The van der Waals surface area contributed by atoms with Crippen LogP contribution in [0.2, 0.25) is 0 Å². The van der Waals surface area contributed by atoms with Gasteiger partial charge in [-0.05, 0) is 37.7 Å². The fourth-order valence-corrected chi connectivity index (χ4v) is 10.1. The minimum atomic E-state index is -1.49. The quantitative estimate of drug-likeness (QED) is 0.0350. The Bertz CT molecular complexity index is 1270. The zero-order valence-electron chi connectivity index (χ0n) is 45.3. The van der Waals surface area contributed by atoms with E-state index in [1.165, 1.54) is 192 Å². The summed E-state index contributed by atoms with van der Waals surface area (Å²) in [5.41, 5.74) is 1.24. The van der Waals surface area contributed by atoms with Crippen molar-refractivity contribution in [2.24, 2.45) is 0 Å². The molecule has 0 unspecified atom stereocenters. The van der Waals surface area contributed by atoms with Crippen LogP contribution in [0, 0.1) is 0 Å². The summed E-state index contributed by atoms with van der Waals surface area (Å²) in [7, 11) is 0. The lowest BCUT2D eigenvalue weighted by molar-refractivity contribution is -0.309. The summed E-state index contributed by atoms with van der Waals surface area (Å²) in [5, 5.41) is 57.8. The van der Waals surface area contributed by atoms with Gasteiger partial charge in [0, 0.05) is 13.0 Å². The molecular formula is C60H111NO9. The summed E-state index contributed by atoms with van der Waals surface area (Å²) in [4.78, 5) is 13.3. The smallest absolute Gasteiger partial charge is 0.220 e. The van der Waals surface area contributed by atoms with E-state index in [1.807, 2.05) is 18.2 Å². The molecule has 0 spiro atoms. The number of amides is 1. The molecule has 410 valence electrons. The molecule has 0 bridgehead atoms. The topological polar surface area (TPSA) is 158 Å². The number of aryl methyl sites for hydroxylation is 1. The fourth-order valence-electron chi connectivity index (χ4n) is 10.1. The van der Waals surface area contributed by atoms with Gasteiger partial charge >= 0.3 is 0 Å². The zero-order chi connectivity index (χ0) is 50.5. The first-order valence-corrected chi connectivity index (χ1v) is 29.9. The molecule has 2 rings (SSSR count). The lowest BCUT2D eigenvalue weighted by Gasteiger charge is -2.42. The summed E-state index contributed by atoms with van der Waals surface area (Å²) in [6.07, 6.45) is 39.3. The van der Waals surface area contributed by atoms with Crippen molar-refractivity contribution in [2.45, 2.75) is 320 Å². The van der Waals surface area contributed by atoms with E-state index >= 15 is 0 Å². The molecule has 1 aromatic rings. The van der Waals surface area contributed by atoms with Crippen LogP contribution in [-0.2, 0) is 25.4 Å². The average Bonchev–Trinajstić information content (AvgIpc) is 3.37. The number of nitrogens with one attached hydrogen (secondary N) is 1. The molecule has 8 atom stereocenters. The molecule has 10 heteroatoms. The maximum atomic E-state index is 13.3. The van der Waals surface area contributed by atoms with E-state index < -0.39 is 55.6 Å². The number of aliphatic hydroxyl groups is 5. The zero-order valence-corrected chi connectivity index (χ0v) is 45.3. The third-order valence-electron chi connectivity index (χ3n) is 14.8. The fraction of sp³-hybridized carbons (Fsp3) is 0.883. The standard InChI is InChI=1S/C60H111NO9/c1-3-5-7-9-11-13-15-17-18-19-20-21-22-23-24-25-26-27-29-31-33-35-40-47-55(64)61-52(56(65)53(63)46-39-34-32-30-28-16-14-12-10-8-6-4-2)50-69-60-58(67)57(66)59(54(49-62)70-60)68-48-42-41-45-51-43-37-36-38-44-51/h36-38,43-44,52-54,56-60,62-63,65-67H,3-35,39-42,45-50H2,1-2H3,(H,61,64)/t52-,53+,54+,56-,57+,58+,59-,60-/m0/s1. The Hall–Kier alpha value is -1.63. The highest BCUT2D eigenvalue weighted by molar-refractivity contribution is 5.76. The molecule has 70 heavy (non-hydrogen) atoms. The lowest BCUT2D eigenvalue weighted by atomic mass is 9.98. The molecule has 1 aliphatic heterocycles. The molecule has 1 aliphatic rings. The molecule has 0 aromatic heterocycles. The number of carbonyl (C=O) groups excluding carboxylic acids is 1. The van der Waals surface area contributed by atoms with Crippen LogP contribution in [0.15, 0.2) is 30.3 Å². The third-order valence-corrected chi connectivity index (χ3v) is 14.8. The van der Waals surface area contributed by atoms with Gasteiger partial charge in [-0.1, -0.05) is 262 Å². The molecule has 0 aliphatic carbocycles. The van der Waals surface area contributed by atoms with Crippen LogP contribution in [0.25, 0.3) is 0 Å². The third kappa shape index (κ3) is 33.2. The maximum Gasteiger partial charge on any atom is 0.220 e. The Morgan fingerprint density at radius 2 is 0.986 bits per heavy atom. The van der Waals surface area contributed by atoms with Gasteiger partial charge in [0.15, 0.2) is 6.29 Å². The van der Waals surface area contributed by atoms with Crippen molar-refractivity contribution < 1.29 is 44.5 Å². The molecule has 6 N–H and O–H groups in total. The van der Waals surface area contributed by atoms with Crippen LogP contribution >= 0.6 is 0 Å². The van der Waals surface area contributed by atoms with Gasteiger partial charge in [-0.3, -0.25) is 4.79 Å². The van der Waals surface area contributed by atoms with E-state index in [-0.39, 0.29) is 12.5 Å². The molecular weight excluding hydrogens is 879 g/mol. The van der Waals surface area contributed by atoms with E-state index in [0.29, 0.717) is 19.4 Å². The predicted molar refractivity (Wildman–Crippen MR) is 289 cm³/mol. The van der Waals surface area contributed by atoms with E-state index in [2.05, 4.69) is 31.3 Å². The number of carbonyl (C=O) groups is 1. The van der Waals surface area contributed by atoms with Crippen molar-refractivity contribution in [3.05, 3.63) is 35.9 Å². The van der Waals surface area contributed by atoms with Crippen molar-refractivity contribution in [1.29, 1.82) is 0 Å². The minimum Gasteiger partial charge on any atom is -0.394 e. The Balaban J connectivity index is 1.70. The molecule has 1 fully saturated rings. The number of aliphatic hydroxyl groups excluding tert-OH is 5. The Kier molecular flexibility index (Phi) is 42.3. The first kappa shape index (κ1) is 64.5. The summed E-state index contributed by atoms with van der Waals surface area (Å²) in [6.45, 7) is 4.13. The lowest BCUT2D eigenvalue weighted by Crippen LogP contribution is -2.61. The molecule has 0 radical (unpaired) electrons. The Morgan fingerprint density at radius 3 is 1.43 bits per heavy atom. The van der Waals surface area contributed by atoms with Crippen molar-refractivity contribution >= 4 is 5.91 Å². The van der Waals surface area contributed by atoms with Gasteiger partial charge in [0.1, 0.15) is 30.5 Å². The van der Waals surface area contributed by atoms with Gasteiger partial charge in [-0.25, -0.2) is 0 Å². The highest BCUT2D eigenvalue weighted by Gasteiger charge is 2.46. The van der Waals surface area contributed by atoms with Gasteiger partial charge < -0.3 is 45.1 Å². The number of ether oxygens (including phenoxy) is 3. The van der Waals surface area contributed by atoms with Crippen molar-refractivity contribution in [2.75, 3.05) is 19.8 Å². The van der Waals surface area contributed by atoms with Crippen LogP contribution in [0.1, 0.15) is 270 Å². The largest absolute Gasteiger partial charge is 0.394 e. The van der Waals surface area contributed by atoms with Crippen LogP contribution in [0.5, 0.6) is 0 Å². The number of hydrogen-bond acceptors (Lipinski definition) is 9. The predicted octanol–water partition coefficient (Wildman–Crippen LogP) is 13.5. The van der Waals surface area contributed by atoms with Gasteiger partial charge in [0.25, 0.3) is 0 Å². The highest BCUT2D eigenvalue weighted by Crippen LogP contribution is 2.26. The Labute approximate surface area is 429 Å².